The summed E-state index contributed by atoms with van der Waals surface area (Å²) in [5.41, 5.74) is 19.8. The van der Waals surface area contributed by atoms with Crippen LogP contribution in [-0.2, 0) is 5.41 Å². The molecule has 1 aliphatic rings. The molecule has 0 radical (unpaired) electrons. The van der Waals surface area contributed by atoms with Gasteiger partial charge in [-0.15, -0.1) is 0 Å². The minimum atomic E-state index is -0.230. The number of hydrogen-bond donors (Lipinski definition) is 0. The van der Waals surface area contributed by atoms with Crippen LogP contribution in [0.25, 0.3) is 43.4 Å². The molecule has 0 N–H and O–H groups in total. The van der Waals surface area contributed by atoms with E-state index >= 15 is 0 Å². The zero-order valence-corrected chi connectivity index (χ0v) is 35.4. The van der Waals surface area contributed by atoms with Crippen LogP contribution in [0.2, 0.25) is 0 Å². The molecule has 0 atom stereocenters. The maximum Gasteiger partial charge on any atom is 0.0493 e. The fraction of sp³-hybridized carbons (Fsp3) is 0.158. The van der Waals surface area contributed by atoms with Crippen molar-refractivity contribution >= 4 is 66.4 Å². The monoisotopic (exact) mass is 762 g/mol. The quantitative estimate of drug-likeness (QED) is 0.156. The molecule has 1 aliphatic carbocycles. The first kappa shape index (κ1) is 36.7. The first-order valence-electron chi connectivity index (χ1n) is 20.9. The third-order valence-electron chi connectivity index (χ3n) is 12.8. The molecule has 9 aromatic carbocycles. The Labute approximate surface area is 349 Å². The largest absolute Gasteiger partial charge is 0.310 e. The van der Waals surface area contributed by atoms with Crippen LogP contribution in [0.4, 0.5) is 34.1 Å². The minimum Gasteiger partial charge on any atom is -0.310 e. The Balaban J connectivity index is 1.17. The second-order valence-electron chi connectivity index (χ2n) is 17.5. The first-order valence-corrected chi connectivity index (χ1v) is 20.9. The van der Waals surface area contributed by atoms with Crippen LogP contribution in [0.3, 0.4) is 0 Å². The van der Waals surface area contributed by atoms with E-state index in [0.717, 1.165) is 22.7 Å². The van der Waals surface area contributed by atoms with Gasteiger partial charge in [-0.2, -0.15) is 0 Å². The van der Waals surface area contributed by atoms with Crippen molar-refractivity contribution < 1.29 is 0 Å². The van der Waals surface area contributed by atoms with Crippen molar-refractivity contribution in [3.05, 3.63) is 202 Å². The Morgan fingerprint density at radius 2 is 0.881 bits per heavy atom. The highest BCUT2D eigenvalue weighted by Crippen LogP contribution is 2.56. The fourth-order valence-electron chi connectivity index (χ4n) is 9.69. The van der Waals surface area contributed by atoms with E-state index in [9.17, 15) is 0 Å². The van der Waals surface area contributed by atoms with Crippen LogP contribution in [0.15, 0.2) is 158 Å². The van der Waals surface area contributed by atoms with Crippen molar-refractivity contribution in [1.29, 1.82) is 0 Å². The summed E-state index contributed by atoms with van der Waals surface area (Å²) in [7, 11) is 0. The molecular formula is C57H50N2. The van der Waals surface area contributed by atoms with Crippen molar-refractivity contribution in [2.45, 2.75) is 60.8 Å². The molecular weight excluding hydrogens is 713 g/mol. The number of hydrogen-bond acceptors (Lipinski definition) is 2. The smallest absolute Gasteiger partial charge is 0.0493 e. The van der Waals surface area contributed by atoms with Gasteiger partial charge >= 0.3 is 0 Å². The van der Waals surface area contributed by atoms with Gasteiger partial charge in [-0.05, 0) is 191 Å². The predicted octanol–water partition coefficient (Wildman–Crippen LogP) is 16.2. The van der Waals surface area contributed by atoms with Crippen LogP contribution in [0.1, 0.15) is 58.4 Å². The molecule has 0 heterocycles. The van der Waals surface area contributed by atoms with E-state index in [1.807, 2.05) is 0 Å². The van der Waals surface area contributed by atoms with Crippen molar-refractivity contribution in [3.8, 4) is 11.1 Å². The van der Waals surface area contributed by atoms with Gasteiger partial charge in [0.2, 0.25) is 0 Å². The Bertz CT molecular complexity index is 3130. The van der Waals surface area contributed by atoms with Gasteiger partial charge in [0.15, 0.2) is 0 Å². The molecule has 2 nitrogen and oxygen atoms in total. The lowest BCUT2D eigenvalue weighted by molar-refractivity contribution is 0.667. The topological polar surface area (TPSA) is 6.48 Å². The summed E-state index contributed by atoms with van der Waals surface area (Å²) in [6.07, 6.45) is 0. The number of nitrogens with zero attached hydrogens (tertiary/aromatic N) is 2. The second-order valence-corrected chi connectivity index (χ2v) is 17.5. The normalized spacial score (nSPS) is 12.9. The SMILES string of the molecule is Cc1ccc(N(c2ccc3cc4c(cc3c2)C(C)(C)c2c-4c3ccccc3c3cc(N(c4ccc(C)cc4)c4cc(C)ccc4C)ccc23)c2cc(C)ccc2C)cc1. The van der Waals surface area contributed by atoms with E-state index in [1.54, 1.807) is 0 Å². The Kier molecular flexibility index (Phi) is 8.54. The van der Waals surface area contributed by atoms with E-state index in [2.05, 4.69) is 223 Å². The lowest BCUT2D eigenvalue weighted by Gasteiger charge is -2.29. The summed E-state index contributed by atoms with van der Waals surface area (Å²) in [5, 5.41) is 7.71. The summed E-state index contributed by atoms with van der Waals surface area (Å²) in [6, 6.07) is 59.6. The molecule has 0 fully saturated rings. The number of rotatable bonds is 6. The van der Waals surface area contributed by atoms with Gasteiger partial charge < -0.3 is 9.80 Å². The highest BCUT2D eigenvalue weighted by atomic mass is 15.1. The molecule has 0 aromatic heterocycles. The van der Waals surface area contributed by atoms with Crippen LogP contribution in [-0.4, -0.2) is 0 Å². The van der Waals surface area contributed by atoms with Crippen LogP contribution >= 0.6 is 0 Å². The van der Waals surface area contributed by atoms with Gasteiger partial charge in [-0.3, -0.25) is 0 Å². The molecule has 0 aliphatic heterocycles. The maximum absolute atomic E-state index is 2.49. The van der Waals surface area contributed by atoms with Crippen molar-refractivity contribution in [2.75, 3.05) is 9.80 Å². The summed E-state index contributed by atoms with van der Waals surface area (Å²) in [6.45, 7) is 18.0. The predicted molar refractivity (Wildman–Crippen MR) is 254 cm³/mol. The van der Waals surface area contributed by atoms with Gasteiger partial charge in [0, 0.05) is 39.5 Å². The van der Waals surface area contributed by atoms with E-state index in [4.69, 9.17) is 0 Å². The Hall–Kier alpha value is -6.64. The summed E-state index contributed by atoms with van der Waals surface area (Å²) in [5.74, 6) is 0. The second kappa shape index (κ2) is 13.7. The zero-order chi connectivity index (χ0) is 40.7. The molecule has 0 saturated carbocycles. The fourth-order valence-corrected chi connectivity index (χ4v) is 9.69. The average Bonchev–Trinajstić information content (AvgIpc) is 3.46. The van der Waals surface area contributed by atoms with Crippen LogP contribution in [0.5, 0.6) is 0 Å². The number of benzene rings is 9. The number of aryl methyl sites for hydroxylation is 6. The van der Waals surface area contributed by atoms with E-state index in [-0.39, 0.29) is 5.41 Å². The van der Waals surface area contributed by atoms with Crippen molar-refractivity contribution in [3.63, 3.8) is 0 Å². The molecule has 59 heavy (non-hydrogen) atoms. The third-order valence-corrected chi connectivity index (χ3v) is 12.8. The van der Waals surface area contributed by atoms with Gasteiger partial charge in [-0.1, -0.05) is 110 Å². The molecule has 288 valence electrons. The lowest BCUT2D eigenvalue weighted by atomic mass is 9.79. The molecule has 2 heteroatoms. The van der Waals surface area contributed by atoms with Crippen LogP contribution in [0, 0.1) is 41.5 Å². The zero-order valence-electron chi connectivity index (χ0n) is 35.4. The molecule has 0 bridgehead atoms. The molecule has 0 saturated heterocycles. The van der Waals surface area contributed by atoms with E-state index in [0.29, 0.717) is 0 Å². The van der Waals surface area contributed by atoms with E-state index < -0.39 is 0 Å². The first-order chi connectivity index (χ1) is 28.5. The Morgan fingerprint density at radius 1 is 0.373 bits per heavy atom. The Morgan fingerprint density at radius 3 is 1.47 bits per heavy atom. The third kappa shape index (κ3) is 6.00. The maximum atomic E-state index is 2.49. The molecule has 9 aromatic rings. The molecule has 10 rings (SSSR count). The highest BCUT2D eigenvalue weighted by Gasteiger charge is 2.39. The molecule has 0 unspecified atom stereocenters. The van der Waals surface area contributed by atoms with E-state index in [1.165, 1.54) is 99.3 Å². The summed E-state index contributed by atoms with van der Waals surface area (Å²) >= 11 is 0. The lowest BCUT2D eigenvalue weighted by Crippen LogP contribution is -2.16. The van der Waals surface area contributed by atoms with Gasteiger partial charge in [0.25, 0.3) is 0 Å². The van der Waals surface area contributed by atoms with Crippen molar-refractivity contribution in [2.24, 2.45) is 0 Å². The minimum absolute atomic E-state index is 0.230. The highest BCUT2D eigenvalue weighted by molar-refractivity contribution is 6.19. The summed E-state index contributed by atoms with van der Waals surface area (Å²) in [4.78, 5) is 4.86. The number of anilines is 6. The molecule has 0 amide bonds. The van der Waals surface area contributed by atoms with Gasteiger partial charge in [0.05, 0.1) is 0 Å². The van der Waals surface area contributed by atoms with Crippen LogP contribution < -0.4 is 9.80 Å². The average molecular weight is 763 g/mol. The van der Waals surface area contributed by atoms with Gasteiger partial charge in [-0.25, -0.2) is 0 Å². The number of fused-ring (bicyclic) bond motifs is 9. The van der Waals surface area contributed by atoms with Crippen molar-refractivity contribution in [1.82, 2.24) is 0 Å². The molecule has 0 spiro atoms. The standard InChI is InChI=1S/C57H50N2/c1-35-15-22-43(23-16-35)58(53-29-37(3)13-19-39(53)5)45-26-21-41-32-51-52(33-42(41)31-45)57(7,8)56-49-28-27-46(34-50(49)47-11-9-10-12-48(47)55(51)56)59(44-24-17-36(2)18-25-44)54-30-38(4)14-20-40(54)6/h9-34H,1-8H3. The van der Waals surface area contributed by atoms with Gasteiger partial charge in [0.1, 0.15) is 0 Å². The summed E-state index contributed by atoms with van der Waals surface area (Å²) < 4.78 is 0.